The molecule has 0 bridgehead atoms. The zero-order chi connectivity index (χ0) is 14.0. The lowest BCUT2D eigenvalue weighted by Crippen LogP contribution is -2.43. The largest absolute Gasteiger partial charge is 0.397 e. The molecule has 3 nitrogen and oxygen atoms in total. The van der Waals surface area contributed by atoms with Gasteiger partial charge in [-0.3, -0.25) is 0 Å². The Kier molecular flexibility index (Phi) is 10.3. The molecule has 0 unspecified atom stereocenters. The Bertz CT molecular complexity index is 190. The highest BCUT2D eigenvalue weighted by atomic mass is 28.3. The van der Waals surface area contributed by atoms with E-state index < -0.39 is 17.5 Å². The Labute approximate surface area is 117 Å². The fourth-order valence-corrected chi connectivity index (χ4v) is 4.32. The van der Waals surface area contributed by atoms with Crippen LogP contribution in [0.25, 0.3) is 0 Å². The van der Waals surface area contributed by atoms with Crippen molar-refractivity contribution in [1.82, 2.24) is 4.57 Å². The Morgan fingerprint density at radius 1 is 1.00 bits per heavy atom. The van der Waals surface area contributed by atoms with Crippen molar-refractivity contribution in [3.05, 3.63) is 0 Å². The third-order valence-electron chi connectivity index (χ3n) is 3.09. The average Bonchev–Trinajstić information content (AvgIpc) is 2.30. The average molecular weight is 292 g/mol. The number of hydrogen-bond donors (Lipinski definition) is 0. The van der Waals surface area contributed by atoms with Gasteiger partial charge in [0.2, 0.25) is 0 Å². The van der Waals surface area contributed by atoms with Crippen LogP contribution in [0.3, 0.4) is 0 Å². The van der Waals surface area contributed by atoms with Crippen LogP contribution in [0.5, 0.6) is 0 Å². The van der Waals surface area contributed by atoms with Crippen LogP contribution >= 0.6 is 0 Å². The van der Waals surface area contributed by atoms with E-state index in [0.717, 1.165) is 32.1 Å². The third-order valence-corrected chi connectivity index (χ3v) is 7.70. The first-order valence-electron chi connectivity index (χ1n) is 7.36. The van der Waals surface area contributed by atoms with Gasteiger partial charge in [0.25, 0.3) is 0 Å². The van der Waals surface area contributed by atoms with Gasteiger partial charge in [0.05, 0.1) is 0 Å². The molecule has 5 heteroatoms. The zero-order valence-electron chi connectivity index (χ0n) is 13.3. The summed E-state index contributed by atoms with van der Waals surface area (Å²) in [7, 11) is -0.257. The summed E-state index contributed by atoms with van der Waals surface area (Å²) in [5.74, 6) is 0. The molecule has 0 aliphatic carbocycles. The molecule has 0 aromatic rings. The first-order chi connectivity index (χ1) is 8.41. The standard InChI is InChI=1S/C13H33NO2Si2/c1-7-11-15-17(16-12-8-2)13-9-10-14(3)18(4,5)6/h17H,7-13H2,1-6H3. The van der Waals surface area contributed by atoms with Crippen LogP contribution in [0.2, 0.25) is 25.7 Å². The van der Waals surface area contributed by atoms with Crippen molar-refractivity contribution in [3.8, 4) is 0 Å². The van der Waals surface area contributed by atoms with Crippen LogP contribution < -0.4 is 0 Å². The molecule has 0 aliphatic rings. The predicted molar refractivity (Wildman–Crippen MR) is 85.0 cm³/mol. The van der Waals surface area contributed by atoms with Crippen LogP contribution in [0.4, 0.5) is 0 Å². The number of rotatable bonds is 11. The maximum atomic E-state index is 5.87. The monoisotopic (exact) mass is 291 g/mol. The lowest BCUT2D eigenvalue weighted by molar-refractivity contribution is 0.195. The number of nitrogens with zero attached hydrogens (tertiary/aromatic N) is 1. The highest BCUT2D eigenvalue weighted by molar-refractivity contribution is 6.73. The van der Waals surface area contributed by atoms with Crippen LogP contribution in [0, 0.1) is 0 Å². The van der Waals surface area contributed by atoms with Crippen molar-refractivity contribution < 1.29 is 8.85 Å². The quantitative estimate of drug-likeness (QED) is 0.546. The van der Waals surface area contributed by atoms with Gasteiger partial charge in [0, 0.05) is 13.2 Å². The summed E-state index contributed by atoms with van der Waals surface area (Å²) < 4.78 is 14.3. The predicted octanol–water partition coefficient (Wildman–Crippen LogP) is 3.22. The molecular weight excluding hydrogens is 258 g/mol. The van der Waals surface area contributed by atoms with Crippen LogP contribution in [-0.2, 0) is 8.85 Å². The Morgan fingerprint density at radius 3 is 1.89 bits per heavy atom. The molecule has 0 amide bonds. The van der Waals surface area contributed by atoms with E-state index >= 15 is 0 Å². The molecule has 0 fully saturated rings. The second kappa shape index (κ2) is 10.1. The van der Waals surface area contributed by atoms with E-state index in [9.17, 15) is 0 Å². The minimum Gasteiger partial charge on any atom is -0.397 e. The van der Waals surface area contributed by atoms with E-state index in [1.54, 1.807) is 0 Å². The SMILES string of the molecule is CCCO[SiH](CCCN(C)[Si](C)(C)C)OCCC. The summed E-state index contributed by atoms with van der Waals surface area (Å²) in [6, 6.07) is 1.15. The number of hydrogen-bond acceptors (Lipinski definition) is 3. The Hall–Kier alpha value is 0.314. The maximum absolute atomic E-state index is 5.87. The molecule has 0 heterocycles. The minimum atomic E-state index is -1.39. The first kappa shape index (κ1) is 18.3. The van der Waals surface area contributed by atoms with Crippen LogP contribution in [-0.4, -0.2) is 48.9 Å². The van der Waals surface area contributed by atoms with Crippen molar-refractivity contribution in [3.63, 3.8) is 0 Å². The normalized spacial score (nSPS) is 12.7. The van der Waals surface area contributed by atoms with Crippen LogP contribution in [0.1, 0.15) is 33.1 Å². The molecule has 18 heavy (non-hydrogen) atoms. The van der Waals surface area contributed by atoms with Crippen molar-refractivity contribution in [1.29, 1.82) is 0 Å². The van der Waals surface area contributed by atoms with Gasteiger partial charge in [0.15, 0.2) is 0 Å². The summed E-state index contributed by atoms with van der Waals surface area (Å²) in [5, 5.41) is 0. The molecular formula is C13H33NO2Si2. The molecule has 0 N–H and O–H groups in total. The molecule has 0 saturated carbocycles. The Balaban J connectivity index is 3.87. The van der Waals surface area contributed by atoms with E-state index in [0.29, 0.717) is 0 Å². The van der Waals surface area contributed by atoms with E-state index in [-0.39, 0.29) is 0 Å². The molecule has 0 aromatic carbocycles. The van der Waals surface area contributed by atoms with Gasteiger partial charge in [-0.2, -0.15) is 0 Å². The maximum Gasteiger partial charge on any atom is 0.321 e. The summed E-state index contributed by atoms with van der Waals surface area (Å²) in [6.45, 7) is 14.4. The molecule has 0 spiro atoms. The second-order valence-corrected chi connectivity index (χ2v) is 13.1. The summed E-state index contributed by atoms with van der Waals surface area (Å²) in [4.78, 5) is 0. The molecule has 0 radical (unpaired) electrons. The van der Waals surface area contributed by atoms with E-state index in [1.165, 1.54) is 13.0 Å². The molecule has 0 aromatic heterocycles. The van der Waals surface area contributed by atoms with Gasteiger partial charge in [-0.15, -0.1) is 0 Å². The van der Waals surface area contributed by atoms with Crippen molar-refractivity contribution in [2.24, 2.45) is 0 Å². The van der Waals surface area contributed by atoms with Gasteiger partial charge in [0.1, 0.15) is 8.24 Å². The van der Waals surface area contributed by atoms with E-state index in [1.807, 2.05) is 0 Å². The lowest BCUT2D eigenvalue weighted by Gasteiger charge is -2.30. The molecule has 0 aliphatic heterocycles. The van der Waals surface area contributed by atoms with Gasteiger partial charge in [-0.25, -0.2) is 0 Å². The van der Waals surface area contributed by atoms with Crippen LogP contribution in [0.15, 0.2) is 0 Å². The molecule has 110 valence electrons. The van der Waals surface area contributed by atoms with E-state index in [2.05, 4.69) is 45.1 Å². The van der Waals surface area contributed by atoms with Gasteiger partial charge < -0.3 is 13.4 Å². The summed E-state index contributed by atoms with van der Waals surface area (Å²) in [5.41, 5.74) is 0. The zero-order valence-corrected chi connectivity index (χ0v) is 15.4. The van der Waals surface area contributed by atoms with Crippen molar-refractivity contribution >= 4 is 17.5 Å². The highest BCUT2D eigenvalue weighted by Gasteiger charge is 2.20. The van der Waals surface area contributed by atoms with Gasteiger partial charge >= 0.3 is 9.28 Å². The fourth-order valence-electron chi connectivity index (χ4n) is 1.54. The van der Waals surface area contributed by atoms with Gasteiger partial charge in [-0.05, 0) is 38.9 Å². The second-order valence-electron chi connectivity index (χ2n) is 5.91. The smallest absolute Gasteiger partial charge is 0.321 e. The van der Waals surface area contributed by atoms with Crippen molar-refractivity contribution in [2.75, 3.05) is 26.8 Å². The summed E-state index contributed by atoms with van der Waals surface area (Å²) >= 11 is 0. The molecule has 0 rings (SSSR count). The lowest BCUT2D eigenvalue weighted by atomic mass is 10.5. The topological polar surface area (TPSA) is 21.7 Å². The third kappa shape index (κ3) is 9.27. The van der Waals surface area contributed by atoms with Gasteiger partial charge in [-0.1, -0.05) is 33.5 Å². The van der Waals surface area contributed by atoms with Crippen molar-refractivity contribution in [2.45, 2.75) is 58.8 Å². The fraction of sp³-hybridized carbons (Fsp3) is 1.00. The first-order valence-corrected chi connectivity index (χ1v) is 12.6. The summed E-state index contributed by atoms with van der Waals surface area (Å²) in [6.07, 6.45) is 3.40. The molecule has 0 saturated heterocycles. The minimum absolute atomic E-state index is 0.866. The highest BCUT2D eigenvalue weighted by Crippen LogP contribution is 2.10. The Morgan fingerprint density at radius 2 is 1.50 bits per heavy atom. The van der Waals surface area contributed by atoms with E-state index in [4.69, 9.17) is 8.85 Å². The molecule has 0 atom stereocenters.